The van der Waals surface area contributed by atoms with E-state index in [0.717, 1.165) is 5.69 Å². The lowest BCUT2D eigenvalue weighted by atomic mass is 10.2. The molecule has 1 heterocycles. The van der Waals surface area contributed by atoms with Crippen molar-refractivity contribution in [1.82, 2.24) is 9.29 Å². The topological polar surface area (TPSA) is 79.4 Å². The van der Waals surface area contributed by atoms with Crippen molar-refractivity contribution in [1.29, 1.82) is 0 Å². The van der Waals surface area contributed by atoms with Crippen molar-refractivity contribution in [2.75, 3.05) is 18.4 Å². The standard InChI is InChI=1S/C18H23N3O3S/c1-5-21(6-2)25(23,24)17-12-15(11-10-13(17)3)20-18(22)16-9-7-8-14(4)19-16/h7-12H,5-6H2,1-4H3,(H,20,22). The number of sulfonamides is 1. The van der Waals surface area contributed by atoms with Gasteiger partial charge in [0.2, 0.25) is 10.0 Å². The molecule has 0 aliphatic heterocycles. The first kappa shape index (κ1) is 19.1. The maximum atomic E-state index is 12.8. The molecule has 1 aromatic carbocycles. The van der Waals surface area contributed by atoms with Crippen molar-refractivity contribution in [3.63, 3.8) is 0 Å². The van der Waals surface area contributed by atoms with Crippen LogP contribution in [0.2, 0.25) is 0 Å². The second-order valence-electron chi connectivity index (χ2n) is 5.69. The van der Waals surface area contributed by atoms with E-state index >= 15 is 0 Å². The molecule has 0 aliphatic rings. The summed E-state index contributed by atoms with van der Waals surface area (Å²) in [5.74, 6) is -0.376. The van der Waals surface area contributed by atoms with Crippen molar-refractivity contribution in [3.05, 3.63) is 53.3 Å². The fraction of sp³-hybridized carbons (Fsp3) is 0.333. The van der Waals surface area contributed by atoms with Crippen molar-refractivity contribution in [2.24, 2.45) is 0 Å². The fourth-order valence-corrected chi connectivity index (χ4v) is 4.23. The molecule has 0 saturated carbocycles. The number of carbonyl (C=O) groups excluding carboxylic acids is 1. The van der Waals surface area contributed by atoms with E-state index in [1.54, 1.807) is 58.0 Å². The van der Waals surface area contributed by atoms with E-state index in [1.165, 1.54) is 10.4 Å². The van der Waals surface area contributed by atoms with Crippen LogP contribution in [0.25, 0.3) is 0 Å². The van der Waals surface area contributed by atoms with Gasteiger partial charge in [-0.05, 0) is 43.7 Å². The first-order valence-corrected chi connectivity index (χ1v) is 9.59. The summed E-state index contributed by atoms with van der Waals surface area (Å²) in [6, 6.07) is 10.0. The molecule has 25 heavy (non-hydrogen) atoms. The number of nitrogens with one attached hydrogen (secondary N) is 1. The molecule has 7 heteroatoms. The highest BCUT2D eigenvalue weighted by Gasteiger charge is 2.24. The molecule has 0 fully saturated rings. The highest BCUT2D eigenvalue weighted by molar-refractivity contribution is 7.89. The molecular formula is C18H23N3O3S. The largest absolute Gasteiger partial charge is 0.321 e. The maximum absolute atomic E-state index is 12.8. The Morgan fingerprint density at radius 1 is 1.12 bits per heavy atom. The minimum absolute atomic E-state index is 0.200. The number of aryl methyl sites for hydroxylation is 2. The highest BCUT2D eigenvalue weighted by Crippen LogP contribution is 2.24. The first-order valence-electron chi connectivity index (χ1n) is 8.15. The van der Waals surface area contributed by atoms with Gasteiger partial charge in [-0.15, -0.1) is 0 Å². The molecular weight excluding hydrogens is 338 g/mol. The lowest BCUT2D eigenvalue weighted by Gasteiger charge is -2.20. The number of rotatable bonds is 6. The molecule has 1 aromatic heterocycles. The van der Waals surface area contributed by atoms with E-state index in [1.807, 2.05) is 0 Å². The number of pyridine rings is 1. The number of nitrogens with zero attached hydrogens (tertiary/aromatic N) is 2. The van der Waals surface area contributed by atoms with Crippen LogP contribution in [0.3, 0.4) is 0 Å². The second kappa shape index (κ2) is 7.76. The molecule has 0 saturated heterocycles. The average molecular weight is 361 g/mol. The number of benzene rings is 1. The van der Waals surface area contributed by atoms with Crippen LogP contribution in [-0.2, 0) is 10.0 Å². The van der Waals surface area contributed by atoms with Gasteiger partial charge in [0.05, 0.1) is 4.90 Å². The third kappa shape index (κ3) is 4.24. The maximum Gasteiger partial charge on any atom is 0.274 e. The predicted octanol–water partition coefficient (Wildman–Crippen LogP) is 2.98. The summed E-state index contributed by atoms with van der Waals surface area (Å²) >= 11 is 0. The molecule has 0 radical (unpaired) electrons. The van der Waals surface area contributed by atoms with Crippen LogP contribution in [0.15, 0.2) is 41.3 Å². The Hall–Kier alpha value is -2.25. The Kier molecular flexibility index (Phi) is 5.92. The van der Waals surface area contributed by atoms with Crippen molar-refractivity contribution in [3.8, 4) is 0 Å². The lowest BCUT2D eigenvalue weighted by molar-refractivity contribution is 0.102. The number of hydrogen-bond donors (Lipinski definition) is 1. The lowest BCUT2D eigenvalue weighted by Crippen LogP contribution is -2.31. The summed E-state index contributed by atoms with van der Waals surface area (Å²) in [5.41, 5.74) is 2.08. The Morgan fingerprint density at radius 3 is 2.40 bits per heavy atom. The third-order valence-corrected chi connectivity index (χ3v) is 6.08. The Balaban J connectivity index is 2.34. The van der Waals surface area contributed by atoms with E-state index in [0.29, 0.717) is 24.3 Å². The normalized spacial score (nSPS) is 11.6. The van der Waals surface area contributed by atoms with Crippen molar-refractivity contribution >= 4 is 21.6 Å². The summed E-state index contributed by atoms with van der Waals surface area (Å²) in [7, 11) is -3.60. The zero-order valence-electron chi connectivity index (χ0n) is 14.9. The molecule has 0 aliphatic carbocycles. The van der Waals surface area contributed by atoms with Gasteiger partial charge in [0, 0.05) is 24.5 Å². The molecule has 6 nitrogen and oxygen atoms in total. The summed E-state index contributed by atoms with van der Waals surface area (Å²) < 4.78 is 26.9. The number of carbonyl (C=O) groups is 1. The van der Waals surface area contributed by atoms with Crippen LogP contribution < -0.4 is 5.32 Å². The van der Waals surface area contributed by atoms with Crippen LogP contribution in [0.1, 0.15) is 35.6 Å². The van der Waals surface area contributed by atoms with Gasteiger partial charge in [0.15, 0.2) is 0 Å². The molecule has 134 valence electrons. The van der Waals surface area contributed by atoms with Crippen LogP contribution in [0.4, 0.5) is 5.69 Å². The number of anilines is 1. The molecule has 1 amide bonds. The van der Waals surface area contributed by atoms with Gasteiger partial charge >= 0.3 is 0 Å². The molecule has 0 unspecified atom stereocenters. The van der Waals surface area contributed by atoms with Gasteiger partial charge < -0.3 is 5.32 Å². The monoisotopic (exact) mass is 361 g/mol. The van der Waals surface area contributed by atoms with Crippen molar-refractivity contribution < 1.29 is 13.2 Å². The molecule has 1 N–H and O–H groups in total. The van der Waals surface area contributed by atoms with Crippen LogP contribution in [-0.4, -0.2) is 36.7 Å². The van der Waals surface area contributed by atoms with Crippen LogP contribution >= 0.6 is 0 Å². The van der Waals surface area contributed by atoms with E-state index < -0.39 is 10.0 Å². The minimum Gasteiger partial charge on any atom is -0.321 e. The smallest absolute Gasteiger partial charge is 0.274 e. The zero-order chi connectivity index (χ0) is 18.6. The molecule has 0 spiro atoms. The van der Waals surface area contributed by atoms with Gasteiger partial charge in [-0.3, -0.25) is 4.79 Å². The van der Waals surface area contributed by atoms with E-state index in [4.69, 9.17) is 0 Å². The number of hydrogen-bond acceptors (Lipinski definition) is 4. The first-order chi connectivity index (χ1) is 11.8. The Labute approximate surface area is 148 Å². The zero-order valence-corrected chi connectivity index (χ0v) is 15.7. The molecule has 2 rings (SSSR count). The summed E-state index contributed by atoms with van der Waals surface area (Å²) in [4.78, 5) is 16.7. The van der Waals surface area contributed by atoms with Gasteiger partial charge in [-0.2, -0.15) is 4.31 Å². The van der Waals surface area contributed by atoms with Crippen LogP contribution in [0, 0.1) is 13.8 Å². The second-order valence-corrected chi connectivity index (χ2v) is 7.59. The molecule has 0 bridgehead atoms. The van der Waals surface area contributed by atoms with E-state index in [2.05, 4.69) is 10.3 Å². The molecule has 0 atom stereocenters. The highest BCUT2D eigenvalue weighted by atomic mass is 32.2. The Morgan fingerprint density at radius 2 is 1.80 bits per heavy atom. The Bertz CT molecular complexity index is 875. The van der Waals surface area contributed by atoms with Crippen molar-refractivity contribution in [2.45, 2.75) is 32.6 Å². The molecule has 2 aromatic rings. The van der Waals surface area contributed by atoms with Gasteiger partial charge in [0.25, 0.3) is 5.91 Å². The number of amides is 1. The summed E-state index contributed by atoms with van der Waals surface area (Å²) in [6.45, 7) is 7.92. The number of aromatic nitrogens is 1. The summed E-state index contributed by atoms with van der Waals surface area (Å²) in [5, 5.41) is 2.72. The average Bonchev–Trinajstić information content (AvgIpc) is 2.57. The predicted molar refractivity (Wildman–Crippen MR) is 98.2 cm³/mol. The fourth-order valence-electron chi connectivity index (χ4n) is 2.52. The van der Waals surface area contributed by atoms with Gasteiger partial charge in [-0.1, -0.05) is 26.0 Å². The van der Waals surface area contributed by atoms with Crippen LogP contribution in [0.5, 0.6) is 0 Å². The minimum atomic E-state index is -3.60. The van der Waals surface area contributed by atoms with Gasteiger partial charge in [0.1, 0.15) is 5.69 Å². The van der Waals surface area contributed by atoms with E-state index in [9.17, 15) is 13.2 Å². The van der Waals surface area contributed by atoms with E-state index in [-0.39, 0.29) is 16.5 Å². The SMILES string of the molecule is CCN(CC)S(=O)(=O)c1cc(NC(=O)c2cccc(C)n2)ccc1C. The quantitative estimate of drug-likeness (QED) is 0.858. The van der Waals surface area contributed by atoms with Gasteiger partial charge in [-0.25, -0.2) is 13.4 Å². The third-order valence-electron chi connectivity index (χ3n) is 3.89. The summed E-state index contributed by atoms with van der Waals surface area (Å²) in [6.07, 6.45) is 0.